The smallest absolute Gasteiger partial charge is 0.209 e. The maximum Gasteiger partial charge on any atom is 0.209 e. The van der Waals surface area contributed by atoms with Gasteiger partial charge in [-0.05, 0) is 71.8 Å². The molecular weight excluding hydrogens is 484 g/mol. The van der Waals surface area contributed by atoms with Gasteiger partial charge in [0.25, 0.3) is 0 Å². The molecule has 36 heavy (non-hydrogen) atoms. The predicted molar refractivity (Wildman–Crippen MR) is 138 cm³/mol. The molecule has 0 saturated heterocycles. The number of carbonyl (C=O) groups excluding carboxylic acids is 1. The van der Waals surface area contributed by atoms with Crippen LogP contribution in [0.4, 0.5) is 5.69 Å². The normalized spacial score (nSPS) is 12.3. The third kappa shape index (κ3) is 6.97. The van der Waals surface area contributed by atoms with Crippen molar-refractivity contribution in [2.24, 2.45) is 10.2 Å². The van der Waals surface area contributed by atoms with E-state index < -0.39 is 11.5 Å². The third-order valence-electron chi connectivity index (χ3n) is 4.84. The summed E-state index contributed by atoms with van der Waals surface area (Å²) in [6.45, 7) is 0. The zero-order valence-electron chi connectivity index (χ0n) is 19.4. The number of ketones is 1. The van der Waals surface area contributed by atoms with Crippen molar-refractivity contribution in [1.82, 2.24) is 0 Å². The lowest BCUT2D eigenvalue weighted by molar-refractivity contribution is -0.111. The van der Waals surface area contributed by atoms with E-state index >= 15 is 0 Å². The largest absolute Gasteiger partial charge is 0.505 e. The van der Waals surface area contributed by atoms with Crippen molar-refractivity contribution < 1.29 is 29.6 Å². The molecule has 0 fully saturated rings. The number of aromatic hydroxyl groups is 2. The zero-order chi connectivity index (χ0) is 26.1. The van der Waals surface area contributed by atoms with Gasteiger partial charge >= 0.3 is 0 Å². The predicted octanol–water partition coefficient (Wildman–Crippen LogP) is 6.62. The molecule has 0 bridgehead atoms. The first-order valence-corrected chi connectivity index (χ1v) is 10.9. The van der Waals surface area contributed by atoms with Gasteiger partial charge in [0.15, 0.2) is 28.7 Å². The average Bonchev–Trinajstić information content (AvgIpc) is 2.88. The highest BCUT2D eigenvalue weighted by Gasteiger charge is 2.12. The summed E-state index contributed by atoms with van der Waals surface area (Å²) in [5.41, 5.74) is 1.30. The van der Waals surface area contributed by atoms with Crippen LogP contribution in [0.2, 0.25) is 5.02 Å². The molecule has 3 aromatic rings. The molecule has 0 saturated carbocycles. The monoisotopic (exact) mass is 506 g/mol. The lowest BCUT2D eigenvalue weighted by Gasteiger charge is -2.04. The summed E-state index contributed by atoms with van der Waals surface area (Å²) in [4.78, 5) is 13.0. The molecule has 9 heteroatoms. The molecule has 0 spiro atoms. The Balaban J connectivity index is 1.94. The first-order chi connectivity index (χ1) is 17.3. The number of phenolic OH excluding ortho intramolecular Hbond substituents is 2. The standard InChI is InChI=1S/C27H23ClN2O6/c1-35-25-15-17(3-11-21(25)31)5-13-23(33)27(30-29-20-9-7-19(28)8-10-20)24(34)14-6-18-4-12-22(32)26(16-18)36-2/h3-16,31-33H,1-2H3/b13-5+,14-6+,27-23?,30-29?. The molecule has 0 amide bonds. The van der Waals surface area contributed by atoms with Gasteiger partial charge in [-0.2, -0.15) is 5.11 Å². The van der Waals surface area contributed by atoms with Crippen molar-refractivity contribution in [3.8, 4) is 23.0 Å². The van der Waals surface area contributed by atoms with Crippen LogP contribution in [-0.4, -0.2) is 35.3 Å². The summed E-state index contributed by atoms with van der Waals surface area (Å²) in [6, 6.07) is 15.7. The van der Waals surface area contributed by atoms with Crippen LogP contribution in [-0.2, 0) is 4.79 Å². The summed E-state index contributed by atoms with van der Waals surface area (Å²) in [5.74, 6) is -0.614. The van der Waals surface area contributed by atoms with Crippen molar-refractivity contribution in [3.63, 3.8) is 0 Å². The molecule has 184 valence electrons. The van der Waals surface area contributed by atoms with E-state index in [0.29, 0.717) is 21.8 Å². The minimum absolute atomic E-state index is 0.0296. The maximum atomic E-state index is 13.0. The highest BCUT2D eigenvalue weighted by molar-refractivity contribution is 6.30. The van der Waals surface area contributed by atoms with Crippen LogP contribution in [0.5, 0.6) is 23.0 Å². The Morgan fingerprint density at radius 3 is 1.89 bits per heavy atom. The quantitative estimate of drug-likeness (QED) is 0.130. The topological polar surface area (TPSA) is 121 Å². The van der Waals surface area contributed by atoms with Crippen molar-refractivity contribution in [3.05, 3.63) is 100 Å². The Kier molecular flexibility index (Phi) is 8.85. The number of phenols is 2. The number of hydrogen-bond acceptors (Lipinski definition) is 8. The van der Waals surface area contributed by atoms with Gasteiger partial charge in [0.05, 0.1) is 19.9 Å². The third-order valence-corrected chi connectivity index (χ3v) is 5.09. The number of ether oxygens (including phenoxy) is 2. The fourth-order valence-electron chi connectivity index (χ4n) is 2.94. The van der Waals surface area contributed by atoms with Crippen LogP contribution in [0.3, 0.4) is 0 Å². The van der Waals surface area contributed by atoms with Crippen molar-refractivity contribution in [1.29, 1.82) is 0 Å². The Morgan fingerprint density at radius 1 is 0.833 bits per heavy atom. The summed E-state index contributed by atoms with van der Waals surface area (Å²) >= 11 is 5.89. The molecule has 3 N–H and O–H groups in total. The van der Waals surface area contributed by atoms with E-state index in [-0.39, 0.29) is 28.7 Å². The Morgan fingerprint density at radius 2 is 1.36 bits per heavy atom. The fraction of sp³-hybridized carbons (Fsp3) is 0.0741. The van der Waals surface area contributed by atoms with E-state index in [4.69, 9.17) is 21.1 Å². The minimum Gasteiger partial charge on any atom is -0.505 e. The number of halogens is 1. The zero-order valence-corrected chi connectivity index (χ0v) is 20.2. The van der Waals surface area contributed by atoms with Crippen molar-refractivity contribution in [2.75, 3.05) is 14.2 Å². The van der Waals surface area contributed by atoms with E-state index in [9.17, 15) is 20.1 Å². The number of azo groups is 1. The molecule has 0 heterocycles. The molecule has 8 nitrogen and oxygen atoms in total. The SMILES string of the molecule is COc1cc(/C=C/C(=O)C(N=Nc2ccc(Cl)cc2)=C(O)/C=C/c2ccc(O)c(OC)c2)ccc1O. The van der Waals surface area contributed by atoms with Gasteiger partial charge in [-0.3, -0.25) is 4.79 Å². The summed E-state index contributed by atoms with van der Waals surface area (Å²) in [7, 11) is 2.84. The van der Waals surface area contributed by atoms with Crippen molar-refractivity contribution in [2.45, 2.75) is 0 Å². The van der Waals surface area contributed by atoms with Crippen molar-refractivity contribution >= 4 is 35.2 Å². The molecule has 0 unspecified atom stereocenters. The number of methoxy groups -OCH3 is 2. The number of aliphatic hydroxyl groups is 1. The molecular formula is C27H23ClN2O6. The molecule has 3 rings (SSSR count). The minimum atomic E-state index is -0.620. The molecule has 0 atom stereocenters. The second-order valence-corrected chi connectivity index (χ2v) is 7.74. The van der Waals surface area contributed by atoms with E-state index in [1.54, 1.807) is 48.5 Å². The average molecular weight is 507 g/mol. The summed E-state index contributed by atoms with van der Waals surface area (Å²) in [5, 5.41) is 38.7. The first-order valence-electron chi connectivity index (χ1n) is 10.6. The lowest BCUT2D eigenvalue weighted by atomic mass is 10.1. The molecule has 0 radical (unpaired) electrons. The maximum absolute atomic E-state index is 13.0. The van der Waals surface area contributed by atoms with Gasteiger partial charge in [-0.1, -0.05) is 35.9 Å². The van der Waals surface area contributed by atoms with Crippen LogP contribution in [0, 0.1) is 0 Å². The van der Waals surface area contributed by atoms with E-state index in [1.807, 2.05) is 0 Å². The number of benzene rings is 3. The van der Waals surface area contributed by atoms with E-state index in [0.717, 1.165) is 0 Å². The van der Waals surface area contributed by atoms with Gasteiger partial charge < -0.3 is 24.8 Å². The van der Waals surface area contributed by atoms with Gasteiger partial charge in [-0.25, -0.2) is 0 Å². The molecule has 0 aliphatic heterocycles. The second kappa shape index (κ2) is 12.2. The van der Waals surface area contributed by atoms with Gasteiger partial charge in [0.1, 0.15) is 5.76 Å². The highest BCUT2D eigenvalue weighted by Crippen LogP contribution is 2.28. The second-order valence-electron chi connectivity index (χ2n) is 7.30. The summed E-state index contributed by atoms with van der Waals surface area (Å²) in [6.07, 6.45) is 5.52. The lowest BCUT2D eigenvalue weighted by Crippen LogP contribution is -1.99. The number of aliphatic hydroxyl groups excluding tert-OH is 1. The van der Waals surface area contributed by atoms with Crippen LogP contribution in [0.25, 0.3) is 12.2 Å². The number of allylic oxidation sites excluding steroid dienone is 2. The van der Waals surface area contributed by atoms with Crippen LogP contribution < -0.4 is 9.47 Å². The number of nitrogens with zero attached hydrogens (tertiary/aromatic N) is 2. The van der Waals surface area contributed by atoms with Gasteiger partial charge in [0, 0.05) is 5.02 Å². The van der Waals surface area contributed by atoms with Gasteiger partial charge in [-0.15, -0.1) is 5.11 Å². The molecule has 0 aliphatic carbocycles. The molecule has 3 aromatic carbocycles. The number of rotatable bonds is 9. The van der Waals surface area contributed by atoms with Crippen LogP contribution in [0.15, 0.2) is 94.5 Å². The molecule has 0 aromatic heterocycles. The Labute approximate surface area is 212 Å². The number of hydrogen-bond donors (Lipinski definition) is 3. The molecule has 0 aliphatic rings. The van der Waals surface area contributed by atoms with Gasteiger partial charge in [0.2, 0.25) is 5.78 Å². The van der Waals surface area contributed by atoms with E-state index in [1.165, 1.54) is 50.7 Å². The van der Waals surface area contributed by atoms with Crippen LogP contribution >= 0.6 is 11.6 Å². The van der Waals surface area contributed by atoms with E-state index in [2.05, 4.69) is 10.2 Å². The van der Waals surface area contributed by atoms with Crippen LogP contribution in [0.1, 0.15) is 11.1 Å². The first kappa shape index (κ1) is 26.1. The highest BCUT2D eigenvalue weighted by atomic mass is 35.5. The summed E-state index contributed by atoms with van der Waals surface area (Å²) < 4.78 is 10.2. The Hall–Kier alpha value is -4.56. The fourth-order valence-corrected chi connectivity index (χ4v) is 3.07. The number of carbonyl (C=O) groups is 1. The Bertz CT molecular complexity index is 1360.